The van der Waals surface area contributed by atoms with Gasteiger partial charge in [0.05, 0.1) is 16.7 Å². The van der Waals surface area contributed by atoms with Crippen LogP contribution in [0.3, 0.4) is 0 Å². The normalized spacial score (nSPS) is 13.3. The molecule has 0 heterocycles. The van der Waals surface area contributed by atoms with Crippen LogP contribution in [0.5, 0.6) is 5.75 Å². The number of benzene rings is 2. The minimum Gasteiger partial charge on any atom is -0.489 e. The standard InChI is InChI=1S/C16H14ClNO2/c1-16(19,13-5-3-2-4-6-13)11-20-15-8-7-12(10-18)9-14(15)17/h2-9,19H,11H2,1H3. The number of nitrogens with zero attached hydrogens (tertiary/aromatic N) is 1. The molecule has 0 radical (unpaired) electrons. The second-order valence-corrected chi connectivity index (χ2v) is 5.09. The summed E-state index contributed by atoms with van der Waals surface area (Å²) in [5.74, 6) is 0.446. The molecule has 2 rings (SSSR count). The molecule has 0 saturated carbocycles. The number of aliphatic hydroxyl groups is 1. The van der Waals surface area contributed by atoms with Gasteiger partial charge in [0.25, 0.3) is 0 Å². The van der Waals surface area contributed by atoms with E-state index in [1.54, 1.807) is 19.1 Å². The Morgan fingerprint density at radius 3 is 2.55 bits per heavy atom. The Hall–Kier alpha value is -2.02. The topological polar surface area (TPSA) is 53.2 Å². The molecule has 0 aliphatic carbocycles. The lowest BCUT2D eigenvalue weighted by atomic mass is 9.97. The van der Waals surface area contributed by atoms with E-state index in [1.807, 2.05) is 36.4 Å². The van der Waals surface area contributed by atoms with Crippen LogP contribution in [0.15, 0.2) is 48.5 Å². The van der Waals surface area contributed by atoms with Crippen molar-refractivity contribution in [3.63, 3.8) is 0 Å². The third kappa shape index (κ3) is 3.30. The van der Waals surface area contributed by atoms with Gasteiger partial charge < -0.3 is 9.84 Å². The molecular weight excluding hydrogens is 274 g/mol. The molecule has 0 aliphatic rings. The van der Waals surface area contributed by atoms with Gasteiger partial charge in [0.1, 0.15) is 18.0 Å². The molecule has 102 valence electrons. The van der Waals surface area contributed by atoms with E-state index in [1.165, 1.54) is 6.07 Å². The fourth-order valence-electron chi connectivity index (χ4n) is 1.79. The Morgan fingerprint density at radius 2 is 1.95 bits per heavy atom. The van der Waals surface area contributed by atoms with Crippen LogP contribution in [0.4, 0.5) is 0 Å². The van der Waals surface area contributed by atoms with Gasteiger partial charge in [-0.05, 0) is 30.7 Å². The average Bonchev–Trinajstić information content (AvgIpc) is 2.47. The molecule has 0 aromatic heterocycles. The number of nitriles is 1. The van der Waals surface area contributed by atoms with Crippen molar-refractivity contribution >= 4 is 11.6 Å². The maximum absolute atomic E-state index is 10.4. The van der Waals surface area contributed by atoms with E-state index in [-0.39, 0.29) is 6.61 Å². The van der Waals surface area contributed by atoms with Gasteiger partial charge >= 0.3 is 0 Å². The van der Waals surface area contributed by atoms with Gasteiger partial charge in [-0.15, -0.1) is 0 Å². The first-order valence-electron chi connectivity index (χ1n) is 6.13. The molecule has 2 aromatic carbocycles. The van der Waals surface area contributed by atoms with Crippen molar-refractivity contribution in [2.24, 2.45) is 0 Å². The number of hydrogen-bond donors (Lipinski definition) is 1. The predicted molar refractivity (Wildman–Crippen MR) is 77.7 cm³/mol. The monoisotopic (exact) mass is 287 g/mol. The Labute approximate surface area is 123 Å². The minimum atomic E-state index is -1.11. The summed E-state index contributed by atoms with van der Waals surface area (Å²) < 4.78 is 5.56. The quantitative estimate of drug-likeness (QED) is 0.936. The van der Waals surface area contributed by atoms with Gasteiger partial charge in [-0.2, -0.15) is 5.26 Å². The lowest BCUT2D eigenvalue weighted by Gasteiger charge is -2.24. The first-order valence-corrected chi connectivity index (χ1v) is 6.51. The van der Waals surface area contributed by atoms with E-state index in [9.17, 15) is 5.11 Å². The van der Waals surface area contributed by atoms with Crippen LogP contribution in [0, 0.1) is 11.3 Å². The molecule has 0 bridgehead atoms. The molecule has 1 atom stereocenters. The van der Waals surface area contributed by atoms with Crippen LogP contribution in [-0.4, -0.2) is 11.7 Å². The van der Waals surface area contributed by atoms with Gasteiger partial charge in [-0.25, -0.2) is 0 Å². The highest BCUT2D eigenvalue weighted by Crippen LogP contribution is 2.28. The lowest BCUT2D eigenvalue weighted by molar-refractivity contribution is 0.00764. The highest BCUT2D eigenvalue weighted by Gasteiger charge is 2.24. The van der Waals surface area contributed by atoms with Gasteiger partial charge in [0.15, 0.2) is 0 Å². The first kappa shape index (κ1) is 14.4. The SMILES string of the molecule is CC(O)(COc1ccc(C#N)cc1Cl)c1ccccc1. The largest absolute Gasteiger partial charge is 0.489 e. The van der Waals surface area contributed by atoms with Crippen molar-refractivity contribution in [3.05, 3.63) is 64.7 Å². The minimum absolute atomic E-state index is 0.0721. The molecule has 1 N–H and O–H groups in total. The van der Waals surface area contributed by atoms with Crippen LogP contribution < -0.4 is 4.74 Å². The van der Waals surface area contributed by atoms with Crippen LogP contribution in [0.1, 0.15) is 18.1 Å². The summed E-state index contributed by atoms with van der Waals surface area (Å²) >= 11 is 6.03. The van der Waals surface area contributed by atoms with E-state index in [4.69, 9.17) is 21.6 Å². The number of halogens is 1. The van der Waals surface area contributed by atoms with Gasteiger partial charge in [0, 0.05) is 0 Å². The smallest absolute Gasteiger partial charge is 0.138 e. The molecule has 20 heavy (non-hydrogen) atoms. The Kier molecular flexibility index (Phi) is 4.29. The van der Waals surface area contributed by atoms with E-state index in [0.717, 1.165) is 5.56 Å². The fourth-order valence-corrected chi connectivity index (χ4v) is 2.02. The molecule has 2 aromatic rings. The number of hydrogen-bond acceptors (Lipinski definition) is 3. The predicted octanol–water partition coefficient (Wildman–Crippen LogP) is 3.50. The lowest BCUT2D eigenvalue weighted by Crippen LogP contribution is -2.29. The molecule has 1 unspecified atom stereocenters. The van der Waals surface area contributed by atoms with Crippen molar-refractivity contribution in [2.75, 3.05) is 6.61 Å². The van der Waals surface area contributed by atoms with Crippen LogP contribution in [0.2, 0.25) is 5.02 Å². The van der Waals surface area contributed by atoms with Crippen LogP contribution >= 0.6 is 11.6 Å². The molecule has 0 fully saturated rings. The fraction of sp³-hybridized carbons (Fsp3) is 0.188. The third-order valence-electron chi connectivity index (χ3n) is 2.97. The summed E-state index contributed by atoms with van der Waals surface area (Å²) in [6.07, 6.45) is 0. The molecule has 0 amide bonds. The van der Waals surface area contributed by atoms with Crippen molar-refractivity contribution in [1.82, 2.24) is 0 Å². The first-order chi connectivity index (χ1) is 9.53. The van der Waals surface area contributed by atoms with Crippen molar-refractivity contribution in [2.45, 2.75) is 12.5 Å². The Morgan fingerprint density at radius 1 is 1.25 bits per heavy atom. The summed E-state index contributed by atoms with van der Waals surface area (Å²) in [7, 11) is 0. The molecule has 0 saturated heterocycles. The Bertz CT molecular complexity index is 633. The summed E-state index contributed by atoms with van der Waals surface area (Å²) in [4.78, 5) is 0. The maximum Gasteiger partial charge on any atom is 0.138 e. The number of ether oxygens (including phenoxy) is 1. The molecule has 3 nitrogen and oxygen atoms in total. The van der Waals surface area contributed by atoms with E-state index in [0.29, 0.717) is 16.3 Å². The van der Waals surface area contributed by atoms with Crippen LogP contribution in [0.25, 0.3) is 0 Å². The van der Waals surface area contributed by atoms with Crippen molar-refractivity contribution < 1.29 is 9.84 Å². The zero-order valence-corrected chi connectivity index (χ0v) is 11.8. The zero-order chi connectivity index (χ0) is 14.6. The molecule has 0 spiro atoms. The highest BCUT2D eigenvalue weighted by atomic mass is 35.5. The van der Waals surface area contributed by atoms with Crippen molar-refractivity contribution in [3.8, 4) is 11.8 Å². The summed E-state index contributed by atoms with van der Waals surface area (Å²) in [6.45, 7) is 1.75. The molecule has 4 heteroatoms. The maximum atomic E-state index is 10.4. The third-order valence-corrected chi connectivity index (χ3v) is 3.26. The molecule has 0 aliphatic heterocycles. The highest BCUT2D eigenvalue weighted by molar-refractivity contribution is 6.32. The summed E-state index contributed by atoms with van der Waals surface area (Å²) in [5.41, 5.74) is 0.125. The van der Waals surface area contributed by atoms with E-state index in [2.05, 4.69) is 0 Å². The van der Waals surface area contributed by atoms with Gasteiger partial charge in [-0.3, -0.25) is 0 Å². The summed E-state index contributed by atoms with van der Waals surface area (Å²) in [5, 5.41) is 19.5. The molecular formula is C16H14ClNO2. The van der Waals surface area contributed by atoms with Crippen molar-refractivity contribution in [1.29, 1.82) is 5.26 Å². The van der Waals surface area contributed by atoms with E-state index < -0.39 is 5.60 Å². The second kappa shape index (κ2) is 5.96. The zero-order valence-electron chi connectivity index (χ0n) is 11.0. The van der Waals surface area contributed by atoms with E-state index >= 15 is 0 Å². The van der Waals surface area contributed by atoms with Crippen LogP contribution in [-0.2, 0) is 5.60 Å². The number of rotatable bonds is 4. The summed E-state index contributed by atoms with van der Waals surface area (Å²) in [6, 6.07) is 16.1. The van der Waals surface area contributed by atoms with Gasteiger partial charge in [-0.1, -0.05) is 41.9 Å². The average molecular weight is 288 g/mol. The van der Waals surface area contributed by atoms with Gasteiger partial charge in [0.2, 0.25) is 0 Å². The second-order valence-electron chi connectivity index (χ2n) is 4.69. The Balaban J connectivity index is 2.11.